The quantitative estimate of drug-likeness (QED) is 0.752. The molecule has 0 spiro atoms. The topological polar surface area (TPSA) is 44.8 Å². The largest absolute Gasteiger partial charge is 0.496 e. The van der Waals surface area contributed by atoms with Crippen LogP contribution in [0.4, 0.5) is 10.1 Å². The van der Waals surface area contributed by atoms with E-state index in [1.807, 2.05) is 13.0 Å². The van der Waals surface area contributed by atoms with Crippen molar-refractivity contribution >= 4 is 27.5 Å². The predicted octanol–water partition coefficient (Wildman–Crippen LogP) is 3.84. The molecule has 0 unspecified atom stereocenters. The van der Waals surface area contributed by atoms with Gasteiger partial charge in [0.1, 0.15) is 11.6 Å². The summed E-state index contributed by atoms with van der Waals surface area (Å²) < 4.78 is 19.9. The Labute approximate surface area is 173 Å². The van der Waals surface area contributed by atoms with Crippen molar-refractivity contribution in [1.82, 2.24) is 10.2 Å². The first-order valence-electron chi connectivity index (χ1n) is 9.26. The summed E-state index contributed by atoms with van der Waals surface area (Å²) in [6.45, 7) is 5.54. The van der Waals surface area contributed by atoms with Gasteiger partial charge in [0, 0.05) is 43.0 Å². The van der Waals surface area contributed by atoms with Crippen LogP contribution in [0.2, 0.25) is 0 Å². The third-order valence-electron chi connectivity index (χ3n) is 5.06. The second kappa shape index (κ2) is 8.92. The van der Waals surface area contributed by atoms with E-state index >= 15 is 0 Å². The minimum Gasteiger partial charge on any atom is -0.496 e. The number of hydrogen-bond acceptors (Lipinski definition) is 4. The lowest BCUT2D eigenvalue weighted by molar-refractivity contribution is 0.0939. The van der Waals surface area contributed by atoms with Crippen LogP contribution in [0.5, 0.6) is 5.75 Å². The first-order valence-corrected chi connectivity index (χ1v) is 10.1. The number of carbonyl (C=O) groups excluding carboxylic acids is 1. The highest BCUT2D eigenvalue weighted by molar-refractivity contribution is 9.10. The maximum absolute atomic E-state index is 14.0. The minimum absolute atomic E-state index is 0.218. The highest BCUT2D eigenvalue weighted by atomic mass is 79.9. The first kappa shape index (κ1) is 20.6. The van der Waals surface area contributed by atoms with Gasteiger partial charge in [-0.15, -0.1) is 0 Å². The fourth-order valence-corrected chi connectivity index (χ4v) is 3.91. The molecule has 2 aromatic rings. The normalized spacial score (nSPS) is 16.0. The van der Waals surface area contributed by atoms with Crippen molar-refractivity contribution in [1.29, 1.82) is 0 Å². The highest BCUT2D eigenvalue weighted by Gasteiger charge is 2.21. The highest BCUT2D eigenvalue weighted by Crippen LogP contribution is 2.29. The number of ether oxygens (including phenoxy) is 1. The fraction of sp³-hybridized carbons (Fsp3) is 0.381. The average Bonchev–Trinajstić information content (AvgIpc) is 2.68. The van der Waals surface area contributed by atoms with E-state index in [2.05, 4.69) is 38.1 Å². The van der Waals surface area contributed by atoms with Crippen molar-refractivity contribution in [3.63, 3.8) is 0 Å². The number of carbonyl (C=O) groups is 1. The number of piperazine rings is 1. The molecule has 150 valence electrons. The van der Waals surface area contributed by atoms with E-state index in [4.69, 9.17) is 4.74 Å². The number of halogens is 2. The Morgan fingerprint density at radius 2 is 1.89 bits per heavy atom. The molecule has 7 heteroatoms. The van der Waals surface area contributed by atoms with Crippen LogP contribution < -0.4 is 15.0 Å². The summed E-state index contributed by atoms with van der Waals surface area (Å²) in [7, 11) is 3.67. The summed E-state index contributed by atoms with van der Waals surface area (Å²) in [5.41, 5.74) is 2.26. The number of benzene rings is 2. The van der Waals surface area contributed by atoms with E-state index in [9.17, 15) is 9.18 Å². The lowest BCUT2D eigenvalue weighted by atomic mass is 10.0. The number of rotatable bonds is 5. The van der Waals surface area contributed by atoms with Crippen LogP contribution in [-0.2, 0) is 0 Å². The van der Waals surface area contributed by atoms with E-state index in [1.165, 1.54) is 12.1 Å². The van der Waals surface area contributed by atoms with Crippen LogP contribution >= 0.6 is 15.9 Å². The SMILES string of the molecule is COc1ccc(C(=O)N[C@H](C)c2cc(F)ccc2N2CCN(C)CC2)cc1Br. The van der Waals surface area contributed by atoms with Crippen LogP contribution in [-0.4, -0.2) is 51.1 Å². The smallest absolute Gasteiger partial charge is 0.251 e. The van der Waals surface area contributed by atoms with Crippen molar-refractivity contribution in [2.75, 3.05) is 45.2 Å². The lowest BCUT2D eigenvalue weighted by Gasteiger charge is -2.36. The molecule has 0 bridgehead atoms. The maximum atomic E-state index is 14.0. The van der Waals surface area contributed by atoms with Gasteiger partial charge in [-0.25, -0.2) is 4.39 Å². The maximum Gasteiger partial charge on any atom is 0.251 e. The van der Waals surface area contributed by atoms with E-state index < -0.39 is 0 Å². The summed E-state index contributed by atoms with van der Waals surface area (Å²) >= 11 is 3.40. The van der Waals surface area contributed by atoms with Gasteiger partial charge in [-0.2, -0.15) is 0 Å². The van der Waals surface area contributed by atoms with E-state index in [1.54, 1.807) is 25.3 Å². The number of methoxy groups -OCH3 is 1. The average molecular weight is 450 g/mol. The molecule has 5 nitrogen and oxygen atoms in total. The van der Waals surface area contributed by atoms with Gasteiger partial charge in [0.2, 0.25) is 0 Å². The number of nitrogens with zero attached hydrogens (tertiary/aromatic N) is 2. The standard InChI is InChI=1S/C21H25BrFN3O2/c1-14(24-21(27)15-4-7-20(28-3)18(22)12-15)17-13-16(23)5-6-19(17)26-10-8-25(2)9-11-26/h4-7,12-14H,8-11H2,1-3H3,(H,24,27)/t14-/m1/s1. The molecule has 1 saturated heterocycles. The second-order valence-electron chi connectivity index (χ2n) is 7.04. The molecule has 1 atom stereocenters. The van der Waals surface area contributed by atoms with Gasteiger partial charge in [0.05, 0.1) is 17.6 Å². The van der Waals surface area contributed by atoms with E-state index in [0.717, 1.165) is 37.4 Å². The molecule has 1 fully saturated rings. The van der Waals surface area contributed by atoms with Crippen molar-refractivity contribution in [2.24, 2.45) is 0 Å². The molecule has 1 amide bonds. The van der Waals surface area contributed by atoms with Crippen LogP contribution in [0.25, 0.3) is 0 Å². The van der Waals surface area contributed by atoms with Gasteiger partial charge in [-0.05, 0) is 66.3 Å². The summed E-state index contributed by atoms with van der Waals surface area (Å²) in [5.74, 6) is 0.137. The number of nitrogens with one attached hydrogen (secondary N) is 1. The van der Waals surface area contributed by atoms with E-state index in [0.29, 0.717) is 15.8 Å². The Hall–Kier alpha value is -2.12. The van der Waals surface area contributed by atoms with Crippen LogP contribution in [0, 0.1) is 5.82 Å². The third kappa shape index (κ3) is 4.64. The molecule has 0 saturated carbocycles. The molecule has 1 aliphatic rings. The van der Waals surface area contributed by atoms with Gasteiger partial charge in [-0.1, -0.05) is 0 Å². The molecule has 2 aromatic carbocycles. The zero-order chi connectivity index (χ0) is 20.3. The van der Waals surface area contributed by atoms with Crippen molar-refractivity contribution < 1.29 is 13.9 Å². The second-order valence-corrected chi connectivity index (χ2v) is 7.89. The van der Waals surface area contributed by atoms with Crippen LogP contribution in [0.3, 0.4) is 0 Å². The van der Waals surface area contributed by atoms with Crippen LogP contribution in [0.15, 0.2) is 40.9 Å². The molecule has 1 heterocycles. The first-order chi connectivity index (χ1) is 13.4. The number of anilines is 1. The molecule has 28 heavy (non-hydrogen) atoms. The summed E-state index contributed by atoms with van der Waals surface area (Å²) in [4.78, 5) is 17.2. The summed E-state index contributed by atoms with van der Waals surface area (Å²) in [6, 6.07) is 9.63. The van der Waals surface area contributed by atoms with Gasteiger partial charge >= 0.3 is 0 Å². The molecular weight excluding hydrogens is 425 g/mol. The molecule has 0 aliphatic carbocycles. The third-order valence-corrected chi connectivity index (χ3v) is 5.68. The summed E-state index contributed by atoms with van der Waals surface area (Å²) in [5, 5.41) is 2.99. The minimum atomic E-state index is -0.335. The van der Waals surface area contributed by atoms with Gasteiger partial charge < -0.3 is 19.9 Å². The molecule has 1 aliphatic heterocycles. The Morgan fingerprint density at radius 1 is 1.18 bits per heavy atom. The molecular formula is C21H25BrFN3O2. The van der Waals surface area contributed by atoms with Crippen molar-refractivity contribution in [2.45, 2.75) is 13.0 Å². The Balaban J connectivity index is 1.80. The van der Waals surface area contributed by atoms with Gasteiger partial charge in [0.25, 0.3) is 5.91 Å². The number of amides is 1. The predicted molar refractivity (Wildman–Crippen MR) is 113 cm³/mol. The summed E-state index contributed by atoms with van der Waals surface area (Å²) in [6.07, 6.45) is 0. The zero-order valence-electron chi connectivity index (χ0n) is 16.3. The number of likely N-dealkylation sites (N-methyl/N-ethyl adjacent to an activating group) is 1. The lowest BCUT2D eigenvalue weighted by Crippen LogP contribution is -2.45. The van der Waals surface area contributed by atoms with E-state index in [-0.39, 0.29) is 17.8 Å². The Kier molecular flexibility index (Phi) is 6.57. The Bertz CT molecular complexity index is 854. The molecule has 0 aromatic heterocycles. The number of hydrogen-bond donors (Lipinski definition) is 1. The van der Waals surface area contributed by atoms with Gasteiger partial charge in [0.15, 0.2) is 0 Å². The molecule has 1 N–H and O–H groups in total. The Morgan fingerprint density at radius 3 is 2.54 bits per heavy atom. The van der Waals surface area contributed by atoms with Crippen molar-refractivity contribution in [3.05, 3.63) is 57.8 Å². The molecule has 3 rings (SSSR count). The zero-order valence-corrected chi connectivity index (χ0v) is 17.9. The van der Waals surface area contributed by atoms with Gasteiger partial charge in [-0.3, -0.25) is 4.79 Å². The van der Waals surface area contributed by atoms with Crippen LogP contribution in [0.1, 0.15) is 28.9 Å². The fourth-order valence-electron chi connectivity index (χ4n) is 3.37. The monoisotopic (exact) mass is 449 g/mol. The molecule has 0 radical (unpaired) electrons. The van der Waals surface area contributed by atoms with Crippen molar-refractivity contribution in [3.8, 4) is 5.75 Å².